The molecule has 2 aliphatic rings. The fraction of sp³-hybridized carbons (Fsp3) is 0.0185. The lowest BCUT2D eigenvalue weighted by Crippen LogP contribution is -2.25. The topological polar surface area (TPSA) is 51.8 Å². The molecule has 4 nitrogen and oxygen atoms in total. The van der Waals surface area contributed by atoms with Crippen LogP contribution in [0.5, 0.6) is 0 Å². The number of hydrogen-bond acceptors (Lipinski definition) is 4. The zero-order chi connectivity index (χ0) is 38.2. The third-order valence-corrected chi connectivity index (χ3v) is 12.0. The van der Waals surface area contributed by atoms with Crippen LogP contribution in [0, 0.1) is 0 Å². The standard InChI is InChI=1S/C54H33N3O/c1-3-16-34(17-4-1)35-30-32-37(33-31-35)52-55-51(36-18-5-2-6-19-36)56-53(57-52)42-23-8-7-20-38(42)41-25-15-28-46-48(41)50-49(43-24-11-14-29-47(43)58-50)54(46)44-26-12-9-21-39(44)40-22-10-13-27-45(40)54/h1-33H. The summed E-state index contributed by atoms with van der Waals surface area (Å²) in [4.78, 5) is 15.5. The highest BCUT2D eigenvalue weighted by Gasteiger charge is 2.54. The minimum atomic E-state index is -0.553. The minimum Gasteiger partial charge on any atom is -0.456 e. The van der Waals surface area contributed by atoms with Gasteiger partial charge in [0.25, 0.3) is 0 Å². The van der Waals surface area contributed by atoms with Gasteiger partial charge in [-0.1, -0.05) is 194 Å². The molecule has 270 valence electrons. The van der Waals surface area contributed by atoms with Crippen LogP contribution in [-0.2, 0) is 5.41 Å². The van der Waals surface area contributed by atoms with E-state index < -0.39 is 5.41 Å². The lowest BCUT2D eigenvalue weighted by Gasteiger charge is -2.30. The number of hydrogen-bond donors (Lipinski definition) is 0. The third kappa shape index (κ3) is 4.66. The Balaban J connectivity index is 1.10. The summed E-state index contributed by atoms with van der Waals surface area (Å²) in [6.45, 7) is 0. The van der Waals surface area contributed by atoms with Crippen LogP contribution in [-0.4, -0.2) is 15.0 Å². The van der Waals surface area contributed by atoms with Crippen molar-refractivity contribution in [1.82, 2.24) is 15.0 Å². The van der Waals surface area contributed by atoms with Crippen molar-refractivity contribution in [2.45, 2.75) is 5.41 Å². The first-order valence-corrected chi connectivity index (χ1v) is 19.7. The predicted molar refractivity (Wildman–Crippen MR) is 233 cm³/mol. The van der Waals surface area contributed by atoms with E-state index in [0.29, 0.717) is 17.5 Å². The SMILES string of the molecule is c1ccc(-c2ccc(-c3nc(-c4ccccc4)nc(-c4ccccc4-c4cccc5c4-c4oc6ccccc6c4C54c5ccccc5-c5ccccc54)n3)cc2)cc1. The molecule has 0 unspecified atom stereocenters. The van der Waals surface area contributed by atoms with E-state index in [-0.39, 0.29) is 0 Å². The van der Waals surface area contributed by atoms with Gasteiger partial charge < -0.3 is 4.42 Å². The van der Waals surface area contributed by atoms with Crippen LogP contribution in [0.2, 0.25) is 0 Å². The normalized spacial score (nSPS) is 13.0. The maximum Gasteiger partial charge on any atom is 0.164 e. The Morgan fingerprint density at radius 1 is 0.328 bits per heavy atom. The van der Waals surface area contributed by atoms with E-state index in [2.05, 4.69) is 176 Å². The fourth-order valence-electron chi connectivity index (χ4n) is 9.55. The van der Waals surface area contributed by atoms with Crippen molar-refractivity contribution >= 4 is 11.0 Å². The Hall–Kier alpha value is -7.69. The predicted octanol–water partition coefficient (Wildman–Crippen LogP) is 13.3. The molecule has 1 spiro atoms. The molecule has 2 aromatic heterocycles. The summed E-state index contributed by atoms with van der Waals surface area (Å²) >= 11 is 0. The first kappa shape index (κ1) is 32.5. The minimum absolute atomic E-state index is 0.553. The van der Waals surface area contributed by atoms with Gasteiger partial charge in [-0.05, 0) is 56.1 Å². The molecule has 12 rings (SSSR count). The second kappa shape index (κ2) is 12.7. The van der Waals surface area contributed by atoms with Gasteiger partial charge in [0.2, 0.25) is 0 Å². The summed E-state index contributed by atoms with van der Waals surface area (Å²) in [7, 11) is 0. The Bertz CT molecular complexity index is 3170. The fourth-order valence-corrected chi connectivity index (χ4v) is 9.55. The molecule has 58 heavy (non-hydrogen) atoms. The van der Waals surface area contributed by atoms with Crippen molar-refractivity contribution in [1.29, 1.82) is 0 Å². The molecule has 0 saturated heterocycles. The molecule has 0 fully saturated rings. The van der Waals surface area contributed by atoms with Crippen LogP contribution in [0.4, 0.5) is 0 Å². The Kier molecular flexibility index (Phi) is 7.11. The maximum absolute atomic E-state index is 7.02. The van der Waals surface area contributed by atoms with E-state index >= 15 is 0 Å². The highest BCUT2D eigenvalue weighted by Crippen LogP contribution is 2.66. The lowest BCUT2D eigenvalue weighted by molar-refractivity contribution is 0.629. The van der Waals surface area contributed by atoms with Crippen molar-refractivity contribution in [3.8, 4) is 78.9 Å². The molecule has 2 aliphatic carbocycles. The van der Waals surface area contributed by atoms with E-state index in [9.17, 15) is 0 Å². The van der Waals surface area contributed by atoms with Gasteiger partial charge in [-0.15, -0.1) is 0 Å². The zero-order valence-corrected chi connectivity index (χ0v) is 31.3. The molecule has 0 amide bonds. The molecule has 0 saturated carbocycles. The van der Waals surface area contributed by atoms with Gasteiger partial charge in [0, 0.05) is 33.2 Å². The first-order chi connectivity index (χ1) is 28.8. The van der Waals surface area contributed by atoms with Gasteiger partial charge in [0.1, 0.15) is 11.3 Å². The second-order valence-electron chi connectivity index (χ2n) is 15.0. The van der Waals surface area contributed by atoms with Gasteiger partial charge in [0.05, 0.1) is 5.41 Å². The van der Waals surface area contributed by atoms with Gasteiger partial charge in [-0.25, -0.2) is 15.0 Å². The van der Waals surface area contributed by atoms with Crippen molar-refractivity contribution in [3.63, 3.8) is 0 Å². The van der Waals surface area contributed by atoms with Gasteiger partial charge in [-0.2, -0.15) is 0 Å². The average molecular weight is 740 g/mol. The molecule has 0 atom stereocenters. The van der Waals surface area contributed by atoms with E-state index in [4.69, 9.17) is 19.4 Å². The summed E-state index contributed by atoms with van der Waals surface area (Å²) < 4.78 is 7.02. The molecular weight excluding hydrogens is 707 g/mol. The number of benzene rings is 8. The molecule has 0 bridgehead atoms. The third-order valence-electron chi connectivity index (χ3n) is 12.0. The molecule has 4 heteroatoms. The van der Waals surface area contributed by atoms with Crippen LogP contribution in [0.3, 0.4) is 0 Å². The molecular formula is C54H33N3O. The monoisotopic (exact) mass is 739 g/mol. The highest BCUT2D eigenvalue weighted by atomic mass is 16.3. The van der Waals surface area contributed by atoms with E-state index in [1.54, 1.807) is 0 Å². The number of nitrogens with zero attached hydrogens (tertiary/aromatic N) is 3. The summed E-state index contributed by atoms with van der Waals surface area (Å²) in [5, 5.41) is 1.13. The van der Waals surface area contributed by atoms with E-state index in [0.717, 1.165) is 55.7 Å². The lowest BCUT2D eigenvalue weighted by atomic mass is 9.70. The van der Waals surface area contributed by atoms with E-state index in [1.165, 1.54) is 38.9 Å². The van der Waals surface area contributed by atoms with Crippen molar-refractivity contribution in [2.24, 2.45) is 0 Å². The Morgan fingerprint density at radius 2 is 0.793 bits per heavy atom. The number of furan rings is 1. The maximum atomic E-state index is 7.02. The summed E-state index contributed by atoms with van der Waals surface area (Å²) in [6.07, 6.45) is 0. The first-order valence-electron chi connectivity index (χ1n) is 19.7. The summed E-state index contributed by atoms with van der Waals surface area (Å²) in [5.74, 6) is 2.76. The molecule has 2 heterocycles. The van der Waals surface area contributed by atoms with Gasteiger partial charge in [0.15, 0.2) is 17.5 Å². The quantitative estimate of drug-likeness (QED) is 0.176. The van der Waals surface area contributed by atoms with Crippen molar-refractivity contribution in [2.75, 3.05) is 0 Å². The highest BCUT2D eigenvalue weighted by molar-refractivity contribution is 6.06. The number of rotatable bonds is 5. The van der Waals surface area contributed by atoms with Crippen molar-refractivity contribution in [3.05, 3.63) is 222 Å². The van der Waals surface area contributed by atoms with Gasteiger partial charge in [-0.3, -0.25) is 0 Å². The van der Waals surface area contributed by atoms with Gasteiger partial charge >= 0.3 is 0 Å². The average Bonchev–Trinajstić information content (AvgIpc) is 3.93. The Labute approximate surface area is 335 Å². The zero-order valence-electron chi connectivity index (χ0n) is 31.3. The van der Waals surface area contributed by atoms with Crippen LogP contribution in [0.15, 0.2) is 205 Å². The summed E-state index contributed by atoms with van der Waals surface area (Å²) in [6, 6.07) is 70.5. The number of fused-ring (bicyclic) bond motifs is 12. The molecule has 0 radical (unpaired) electrons. The summed E-state index contributed by atoms with van der Waals surface area (Å²) in [5.41, 5.74) is 16.1. The molecule has 8 aromatic carbocycles. The van der Waals surface area contributed by atoms with Crippen LogP contribution < -0.4 is 0 Å². The van der Waals surface area contributed by atoms with Crippen LogP contribution in [0.25, 0.3) is 89.8 Å². The molecule has 0 N–H and O–H groups in total. The van der Waals surface area contributed by atoms with Crippen LogP contribution in [0.1, 0.15) is 22.3 Å². The Morgan fingerprint density at radius 3 is 1.48 bits per heavy atom. The number of para-hydroxylation sites is 1. The van der Waals surface area contributed by atoms with Crippen LogP contribution >= 0.6 is 0 Å². The smallest absolute Gasteiger partial charge is 0.164 e. The largest absolute Gasteiger partial charge is 0.456 e. The van der Waals surface area contributed by atoms with Crippen molar-refractivity contribution < 1.29 is 4.42 Å². The van der Waals surface area contributed by atoms with E-state index in [1.807, 2.05) is 24.3 Å². The number of aromatic nitrogens is 3. The molecule has 10 aromatic rings. The molecule has 0 aliphatic heterocycles. The second-order valence-corrected chi connectivity index (χ2v) is 15.0.